The summed E-state index contributed by atoms with van der Waals surface area (Å²) < 4.78 is 27.2. The van der Waals surface area contributed by atoms with Gasteiger partial charge >= 0.3 is 0 Å². The van der Waals surface area contributed by atoms with Crippen LogP contribution in [0.5, 0.6) is 0 Å². The third-order valence-corrected chi connectivity index (χ3v) is 3.52. The number of rotatable bonds is 1. The monoisotopic (exact) mass is 253 g/mol. The summed E-state index contributed by atoms with van der Waals surface area (Å²) in [7, 11) is -3.54. The molecule has 2 rings (SSSR count). The van der Waals surface area contributed by atoms with Gasteiger partial charge in [0, 0.05) is 11.1 Å². The third-order valence-electron chi connectivity index (χ3n) is 2.19. The number of amidine groups is 1. The summed E-state index contributed by atoms with van der Waals surface area (Å²) in [5.74, 6) is 0.343. The zero-order chi connectivity index (χ0) is 12.7. The van der Waals surface area contributed by atoms with E-state index < -0.39 is 10.0 Å². The van der Waals surface area contributed by atoms with E-state index in [1.54, 1.807) is 24.3 Å². The van der Waals surface area contributed by atoms with Gasteiger partial charge in [0.15, 0.2) is 5.84 Å². The van der Waals surface area contributed by atoms with Crippen LogP contribution in [0.3, 0.4) is 0 Å². The first-order valence-corrected chi connectivity index (χ1v) is 6.71. The summed E-state index contributed by atoms with van der Waals surface area (Å²) in [5, 5.41) is 0. The van der Waals surface area contributed by atoms with Crippen LogP contribution in [0.4, 0.5) is 0 Å². The van der Waals surface area contributed by atoms with Gasteiger partial charge in [0.25, 0.3) is 10.0 Å². The Labute approximate surface area is 101 Å². The van der Waals surface area contributed by atoms with E-state index >= 15 is 0 Å². The van der Waals surface area contributed by atoms with Crippen LogP contribution < -0.4 is 10.9 Å². The summed E-state index contributed by atoms with van der Waals surface area (Å²) in [4.78, 5) is 0.248. The Morgan fingerprint density at radius 2 is 1.82 bits per heavy atom. The van der Waals surface area contributed by atoms with Crippen LogP contribution >= 0.6 is 0 Å². The van der Waals surface area contributed by atoms with Crippen molar-refractivity contribution in [1.29, 1.82) is 0 Å². The lowest BCUT2D eigenvalue weighted by atomic mass is 10.1. The van der Waals surface area contributed by atoms with Gasteiger partial charge in [-0.05, 0) is 32.9 Å². The van der Waals surface area contributed by atoms with Gasteiger partial charge in [-0.2, -0.15) is 8.42 Å². The first-order valence-electron chi connectivity index (χ1n) is 5.27. The molecule has 2 N–H and O–H groups in total. The van der Waals surface area contributed by atoms with Gasteiger partial charge in [-0.25, -0.2) is 5.43 Å². The van der Waals surface area contributed by atoms with Gasteiger partial charge in [-0.3, -0.25) is 0 Å². The highest BCUT2D eigenvalue weighted by Gasteiger charge is 2.28. The fraction of sp³-hybridized carbons (Fsp3) is 0.364. The molecule has 0 aromatic heterocycles. The summed E-state index contributed by atoms with van der Waals surface area (Å²) >= 11 is 0. The molecule has 6 heteroatoms. The van der Waals surface area contributed by atoms with Crippen LogP contribution in [0, 0.1) is 0 Å². The lowest BCUT2D eigenvalue weighted by Gasteiger charge is -2.21. The highest BCUT2D eigenvalue weighted by molar-refractivity contribution is 7.90. The Morgan fingerprint density at radius 3 is 2.47 bits per heavy atom. The van der Waals surface area contributed by atoms with Gasteiger partial charge in [0.05, 0.1) is 0 Å². The van der Waals surface area contributed by atoms with Crippen molar-refractivity contribution < 1.29 is 8.42 Å². The molecular formula is C11H15N3O2S. The molecule has 0 radical (unpaired) electrons. The molecular weight excluding hydrogens is 238 g/mol. The standard InChI is InChI=1S/C11H15N3O2S/c1-11(2,3)14-12-10-8-6-4-5-7-9(8)17(15,16)13-10/h4-7,14H,1-3H3,(H,12,13). The number of nitrogens with zero attached hydrogens (tertiary/aromatic N) is 1. The van der Waals surface area contributed by atoms with Crippen molar-refractivity contribution in [2.75, 3.05) is 0 Å². The van der Waals surface area contributed by atoms with E-state index in [2.05, 4.69) is 15.2 Å². The quantitative estimate of drug-likeness (QED) is 0.733. The van der Waals surface area contributed by atoms with Crippen molar-refractivity contribution in [3.05, 3.63) is 29.8 Å². The topological polar surface area (TPSA) is 70.6 Å². The summed E-state index contributed by atoms with van der Waals surface area (Å²) in [6.45, 7) is 5.90. The molecule has 0 fully saturated rings. The first kappa shape index (κ1) is 12.1. The van der Waals surface area contributed by atoms with Crippen molar-refractivity contribution in [2.24, 2.45) is 4.40 Å². The Balaban J connectivity index is 2.33. The maximum atomic E-state index is 11.7. The van der Waals surface area contributed by atoms with Gasteiger partial charge in [0.2, 0.25) is 0 Å². The normalized spacial score (nSPS) is 17.5. The van der Waals surface area contributed by atoms with Crippen molar-refractivity contribution in [2.45, 2.75) is 31.2 Å². The number of sulfonamides is 1. The van der Waals surface area contributed by atoms with Crippen molar-refractivity contribution in [3.8, 4) is 0 Å². The summed E-state index contributed by atoms with van der Waals surface area (Å²) in [6, 6.07) is 6.76. The SMILES string of the molecule is CC(C)(C)NNC1=NS(=O)(=O)c2ccccc21. The van der Waals surface area contributed by atoms with Gasteiger partial charge in [-0.1, -0.05) is 12.1 Å². The zero-order valence-electron chi connectivity index (χ0n) is 9.98. The number of hydrogen-bond donors (Lipinski definition) is 2. The molecule has 0 bridgehead atoms. The number of fused-ring (bicyclic) bond motifs is 1. The minimum Gasteiger partial charge on any atom is -0.304 e. The molecule has 5 nitrogen and oxygen atoms in total. The first-order chi connectivity index (χ1) is 7.80. The minimum absolute atomic E-state index is 0.177. The van der Waals surface area contributed by atoms with Crippen molar-refractivity contribution >= 4 is 15.9 Å². The maximum absolute atomic E-state index is 11.7. The van der Waals surface area contributed by atoms with E-state index in [-0.39, 0.29) is 10.4 Å². The molecule has 1 aliphatic rings. The molecule has 0 aliphatic carbocycles. The molecule has 0 atom stereocenters. The van der Waals surface area contributed by atoms with Crippen LogP contribution in [-0.2, 0) is 10.0 Å². The molecule has 0 spiro atoms. The summed E-state index contributed by atoms with van der Waals surface area (Å²) in [5.41, 5.74) is 6.28. The van der Waals surface area contributed by atoms with E-state index in [9.17, 15) is 8.42 Å². The molecule has 0 amide bonds. The van der Waals surface area contributed by atoms with Crippen molar-refractivity contribution in [1.82, 2.24) is 10.9 Å². The van der Waals surface area contributed by atoms with Crippen LogP contribution in [0.1, 0.15) is 26.3 Å². The van der Waals surface area contributed by atoms with Crippen LogP contribution in [-0.4, -0.2) is 19.8 Å². The Kier molecular flexibility index (Phi) is 2.71. The fourth-order valence-electron chi connectivity index (χ4n) is 1.44. The lowest BCUT2D eigenvalue weighted by Crippen LogP contribution is -2.48. The van der Waals surface area contributed by atoms with E-state index in [1.807, 2.05) is 20.8 Å². The highest BCUT2D eigenvalue weighted by atomic mass is 32.2. The summed E-state index contributed by atoms with van der Waals surface area (Å²) in [6.07, 6.45) is 0. The molecule has 17 heavy (non-hydrogen) atoms. The van der Waals surface area contributed by atoms with Crippen LogP contribution in [0.25, 0.3) is 0 Å². The number of benzene rings is 1. The predicted molar refractivity (Wildman–Crippen MR) is 66.2 cm³/mol. The predicted octanol–water partition coefficient (Wildman–Crippen LogP) is 1.03. The Bertz CT molecular complexity index is 571. The minimum atomic E-state index is -3.54. The van der Waals surface area contributed by atoms with Gasteiger partial charge in [0.1, 0.15) is 4.90 Å². The van der Waals surface area contributed by atoms with Gasteiger partial charge in [-0.15, -0.1) is 4.40 Å². The zero-order valence-corrected chi connectivity index (χ0v) is 10.8. The van der Waals surface area contributed by atoms with E-state index in [0.717, 1.165) is 0 Å². The van der Waals surface area contributed by atoms with Crippen LogP contribution in [0.15, 0.2) is 33.6 Å². The highest BCUT2D eigenvalue weighted by Crippen LogP contribution is 2.24. The molecule has 92 valence electrons. The number of hydrogen-bond acceptors (Lipinski definition) is 4. The molecule has 1 aromatic carbocycles. The average Bonchev–Trinajstić information content (AvgIpc) is 2.48. The molecule has 0 unspecified atom stereocenters. The third kappa shape index (κ3) is 2.48. The Morgan fingerprint density at radius 1 is 1.18 bits per heavy atom. The van der Waals surface area contributed by atoms with E-state index in [1.165, 1.54) is 0 Å². The van der Waals surface area contributed by atoms with E-state index in [0.29, 0.717) is 11.4 Å². The molecule has 1 aromatic rings. The molecule has 1 heterocycles. The average molecular weight is 253 g/mol. The molecule has 0 saturated carbocycles. The molecule has 1 aliphatic heterocycles. The Hall–Kier alpha value is -1.40. The van der Waals surface area contributed by atoms with Gasteiger partial charge < -0.3 is 5.43 Å². The smallest absolute Gasteiger partial charge is 0.285 e. The number of hydrazine groups is 1. The van der Waals surface area contributed by atoms with E-state index in [4.69, 9.17) is 0 Å². The van der Waals surface area contributed by atoms with Crippen molar-refractivity contribution in [3.63, 3.8) is 0 Å². The number of nitrogens with one attached hydrogen (secondary N) is 2. The second-order valence-corrected chi connectivity index (χ2v) is 6.48. The fourth-order valence-corrected chi connectivity index (χ4v) is 2.62. The second-order valence-electron chi connectivity index (χ2n) is 4.91. The molecule has 0 saturated heterocycles. The lowest BCUT2D eigenvalue weighted by molar-refractivity contribution is 0.404. The maximum Gasteiger partial charge on any atom is 0.285 e. The largest absolute Gasteiger partial charge is 0.304 e. The van der Waals surface area contributed by atoms with Crippen LogP contribution in [0.2, 0.25) is 0 Å². The second kappa shape index (κ2) is 3.82.